The van der Waals surface area contributed by atoms with Crippen LogP contribution in [0.25, 0.3) is 0 Å². The van der Waals surface area contributed by atoms with Crippen LogP contribution in [-0.2, 0) is 15.5 Å². The largest absolute Gasteiger partial charge is 0.232 e. The fourth-order valence-electron chi connectivity index (χ4n) is 0.956. The van der Waals surface area contributed by atoms with Crippen molar-refractivity contribution < 1.29 is 8.42 Å². The first-order chi connectivity index (χ1) is 6.38. The molecule has 0 N–H and O–H groups in total. The lowest BCUT2D eigenvalue weighted by Crippen LogP contribution is -2.01. The van der Waals surface area contributed by atoms with Gasteiger partial charge in [-0.05, 0) is 24.1 Å². The molecule has 2 nitrogen and oxygen atoms in total. The van der Waals surface area contributed by atoms with E-state index in [0.29, 0.717) is 11.4 Å². The Morgan fingerprint density at radius 2 is 2.00 bits per heavy atom. The van der Waals surface area contributed by atoms with Crippen LogP contribution in [0.4, 0.5) is 0 Å². The van der Waals surface area contributed by atoms with Crippen LogP contribution in [0.5, 0.6) is 0 Å². The van der Waals surface area contributed by atoms with E-state index in [1.807, 2.05) is 6.07 Å². The van der Waals surface area contributed by atoms with Crippen molar-refractivity contribution in [3.63, 3.8) is 0 Å². The Morgan fingerprint density at radius 1 is 1.36 bits per heavy atom. The van der Waals surface area contributed by atoms with Gasteiger partial charge in [0.1, 0.15) is 0 Å². The molecule has 0 bridgehead atoms. The minimum Gasteiger partial charge on any atom is -0.212 e. The molecule has 0 aliphatic heterocycles. The topological polar surface area (TPSA) is 34.1 Å². The highest BCUT2D eigenvalue weighted by atomic mass is 79.9. The van der Waals surface area contributed by atoms with Gasteiger partial charge in [-0.1, -0.05) is 33.6 Å². The molecule has 0 aliphatic carbocycles. The van der Waals surface area contributed by atoms with Crippen molar-refractivity contribution in [2.45, 2.75) is 6.42 Å². The maximum Gasteiger partial charge on any atom is 0.232 e. The second kappa shape index (κ2) is 4.84. The Hall–Kier alpha value is 0.230. The van der Waals surface area contributed by atoms with Crippen molar-refractivity contribution in [1.82, 2.24) is 0 Å². The number of benzene rings is 1. The van der Waals surface area contributed by atoms with E-state index in [1.54, 1.807) is 12.1 Å². The molecule has 1 aromatic carbocycles. The Kier molecular flexibility index (Phi) is 4.25. The molecule has 14 heavy (non-hydrogen) atoms. The molecule has 6 heteroatoms. The first-order valence-corrected chi connectivity index (χ1v) is 7.40. The van der Waals surface area contributed by atoms with Crippen LogP contribution in [0.1, 0.15) is 5.56 Å². The third-order valence-electron chi connectivity index (χ3n) is 1.63. The molecule has 0 atom stereocenters. The molecule has 0 amide bonds. The Bertz CT molecular complexity index is 431. The zero-order valence-corrected chi connectivity index (χ0v) is 10.9. The van der Waals surface area contributed by atoms with E-state index >= 15 is 0 Å². The van der Waals surface area contributed by atoms with E-state index in [1.165, 1.54) is 0 Å². The summed E-state index contributed by atoms with van der Waals surface area (Å²) in [7, 11) is 1.64. The standard InChI is InChI=1S/C8H7BrCl2O2S/c9-7-2-1-6(8(10)5-7)3-4-14(11,12)13/h1-2,5H,3-4H2. The van der Waals surface area contributed by atoms with Gasteiger partial charge in [0.05, 0.1) is 5.75 Å². The summed E-state index contributed by atoms with van der Waals surface area (Å²) in [6.45, 7) is 0. The van der Waals surface area contributed by atoms with Gasteiger partial charge in [0.15, 0.2) is 0 Å². The van der Waals surface area contributed by atoms with E-state index in [9.17, 15) is 8.42 Å². The fraction of sp³-hybridized carbons (Fsp3) is 0.250. The highest BCUT2D eigenvalue weighted by molar-refractivity contribution is 9.10. The molecule has 0 saturated carbocycles. The second-order valence-electron chi connectivity index (χ2n) is 2.73. The SMILES string of the molecule is O=S(=O)(Cl)CCc1ccc(Br)cc1Cl. The quantitative estimate of drug-likeness (QED) is 0.802. The molecule has 0 spiro atoms. The lowest BCUT2D eigenvalue weighted by molar-refractivity contribution is 0.609. The van der Waals surface area contributed by atoms with Gasteiger partial charge < -0.3 is 0 Å². The van der Waals surface area contributed by atoms with Crippen molar-refractivity contribution in [2.75, 3.05) is 5.75 Å². The minimum absolute atomic E-state index is 0.101. The van der Waals surface area contributed by atoms with Crippen LogP contribution in [-0.4, -0.2) is 14.2 Å². The normalized spacial score (nSPS) is 11.6. The third-order valence-corrected chi connectivity index (χ3v) is 3.63. The highest BCUT2D eigenvalue weighted by Gasteiger charge is 2.08. The minimum atomic E-state index is -3.45. The monoisotopic (exact) mass is 316 g/mol. The molecule has 0 aliphatic rings. The summed E-state index contributed by atoms with van der Waals surface area (Å²) in [6, 6.07) is 5.30. The van der Waals surface area contributed by atoms with Crippen LogP contribution in [0.2, 0.25) is 5.02 Å². The van der Waals surface area contributed by atoms with Gasteiger partial charge in [-0.2, -0.15) is 0 Å². The number of halogens is 3. The maximum atomic E-state index is 10.7. The summed E-state index contributed by atoms with van der Waals surface area (Å²) in [6.07, 6.45) is 0.331. The van der Waals surface area contributed by atoms with E-state index < -0.39 is 9.05 Å². The molecule has 78 valence electrons. The molecular weight excluding hydrogens is 311 g/mol. The molecule has 1 aromatic rings. The van der Waals surface area contributed by atoms with Crippen molar-refractivity contribution in [1.29, 1.82) is 0 Å². The molecule has 0 saturated heterocycles. The van der Waals surface area contributed by atoms with Crippen LogP contribution < -0.4 is 0 Å². The third kappa shape index (κ3) is 4.17. The second-order valence-corrected chi connectivity index (χ2v) is 6.95. The van der Waals surface area contributed by atoms with Crippen LogP contribution in [0, 0.1) is 0 Å². The van der Waals surface area contributed by atoms with Crippen LogP contribution in [0.3, 0.4) is 0 Å². The van der Waals surface area contributed by atoms with E-state index in [2.05, 4.69) is 15.9 Å². The summed E-state index contributed by atoms with van der Waals surface area (Å²) in [5.41, 5.74) is 0.777. The average Bonchev–Trinajstić information content (AvgIpc) is 2.00. The number of hydrogen-bond acceptors (Lipinski definition) is 2. The predicted octanol–water partition coefficient (Wildman–Crippen LogP) is 3.21. The molecule has 1 rings (SSSR count). The van der Waals surface area contributed by atoms with Gasteiger partial charge in [-0.3, -0.25) is 0 Å². The highest BCUT2D eigenvalue weighted by Crippen LogP contribution is 2.22. The number of aryl methyl sites for hydroxylation is 1. The summed E-state index contributed by atoms with van der Waals surface area (Å²) >= 11 is 9.15. The van der Waals surface area contributed by atoms with Crippen LogP contribution in [0.15, 0.2) is 22.7 Å². The zero-order chi connectivity index (χ0) is 10.8. The molecule has 0 heterocycles. The summed E-state index contributed by atoms with van der Waals surface area (Å²) in [5.74, 6) is -0.101. The van der Waals surface area contributed by atoms with Gasteiger partial charge >= 0.3 is 0 Å². The average molecular weight is 318 g/mol. The van der Waals surface area contributed by atoms with E-state index in [4.69, 9.17) is 22.3 Å². The molecule has 0 aromatic heterocycles. The molecule has 0 unspecified atom stereocenters. The Balaban J connectivity index is 2.78. The van der Waals surface area contributed by atoms with E-state index in [-0.39, 0.29) is 5.75 Å². The van der Waals surface area contributed by atoms with Gasteiger partial charge in [0.25, 0.3) is 0 Å². The van der Waals surface area contributed by atoms with Crippen molar-refractivity contribution in [3.05, 3.63) is 33.3 Å². The fourth-order valence-corrected chi connectivity index (χ4v) is 2.42. The summed E-state index contributed by atoms with van der Waals surface area (Å²) in [4.78, 5) is 0. The number of hydrogen-bond donors (Lipinski definition) is 0. The van der Waals surface area contributed by atoms with Gasteiger partial charge in [0.2, 0.25) is 9.05 Å². The summed E-state index contributed by atoms with van der Waals surface area (Å²) < 4.78 is 22.3. The molecular formula is C8H7BrCl2O2S. The Morgan fingerprint density at radius 3 is 2.50 bits per heavy atom. The van der Waals surface area contributed by atoms with Crippen LogP contribution >= 0.6 is 38.2 Å². The van der Waals surface area contributed by atoms with Crippen molar-refractivity contribution in [2.24, 2.45) is 0 Å². The first-order valence-electron chi connectivity index (χ1n) is 3.75. The first kappa shape index (κ1) is 12.3. The zero-order valence-electron chi connectivity index (χ0n) is 7.00. The van der Waals surface area contributed by atoms with Gasteiger partial charge in [-0.15, -0.1) is 0 Å². The predicted molar refractivity (Wildman–Crippen MR) is 62.5 cm³/mol. The van der Waals surface area contributed by atoms with Gasteiger partial charge in [0, 0.05) is 20.2 Å². The number of rotatable bonds is 3. The smallest absolute Gasteiger partial charge is 0.212 e. The molecule has 0 radical (unpaired) electrons. The van der Waals surface area contributed by atoms with Crippen molar-refractivity contribution >= 4 is 47.3 Å². The lowest BCUT2D eigenvalue weighted by Gasteiger charge is -2.02. The maximum absolute atomic E-state index is 10.7. The Labute approximate surface area is 101 Å². The van der Waals surface area contributed by atoms with Crippen molar-refractivity contribution in [3.8, 4) is 0 Å². The lowest BCUT2D eigenvalue weighted by atomic mass is 10.2. The molecule has 0 fully saturated rings. The van der Waals surface area contributed by atoms with E-state index in [0.717, 1.165) is 10.0 Å². The van der Waals surface area contributed by atoms with Gasteiger partial charge in [-0.25, -0.2) is 8.42 Å². The summed E-state index contributed by atoms with van der Waals surface area (Å²) in [5, 5.41) is 0.541.